The van der Waals surface area contributed by atoms with Gasteiger partial charge in [-0.2, -0.15) is 0 Å². The second kappa shape index (κ2) is 13.5. The van der Waals surface area contributed by atoms with Gasteiger partial charge < -0.3 is 0 Å². The summed E-state index contributed by atoms with van der Waals surface area (Å²) in [6.45, 7) is 0. The summed E-state index contributed by atoms with van der Waals surface area (Å²) in [4.78, 5) is 20.0. The minimum absolute atomic E-state index is 0.196. The molecule has 1 unspecified atom stereocenters. The van der Waals surface area contributed by atoms with Crippen LogP contribution in [-0.4, -0.2) is 19.9 Å². The largest absolute Gasteiger partial charge is 0.256 e. The van der Waals surface area contributed by atoms with Crippen molar-refractivity contribution >= 4 is 32.7 Å². The smallest absolute Gasteiger partial charge is 0.160 e. The molecule has 0 bridgehead atoms. The van der Waals surface area contributed by atoms with Gasteiger partial charge in [-0.3, -0.25) is 9.97 Å². The van der Waals surface area contributed by atoms with Crippen LogP contribution in [-0.2, 0) is 0 Å². The van der Waals surface area contributed by atoms with Gasteiger partial charge in [0.25, 0.3) is 0 Å². The Morgan fingerprint density at radius 3 is 1.67 bits per heavy atom. The molecule has 1 aliphatic rings. The number of hydrogen-bond donors (Lipinski definition) is 0. The van der Waals surface area contributed by atoms with E-state index in [2.05, 4.69) is 174 Å². The van der Waals surface area contributed by atoms with Crippen molar-refractivity contribution < 1.29 is 0 Å². The van der Waals surface area contributed by atoms with Gasteiger partial charge in [0.15, 0.2) is 5.82 Å². The van der Waals surface area contributed by atoms with Crippen LogP contribution in [0.3, 0.4) is 0 Å². The Kier molecular flexibility index (Phi) is 7.92. The van der Waals surface area contributed by atoms with Crippen LogP contribution < -0.4 is 0 Å². The Balaban J connectivity index is 1.16. The van der Waals surface area contributed by atoms with Crippen LogP contribution in [0.25, 0.3) is 88.7 Å². The lowest BCUT2D eigenvalue weighted by atomic mass is 9.87. The topological polar surface area (TPSA) is 51.6 Å². The number of fused-ring (bicyclic) bond motifs is 3. The lowest BCUT2D eigenvalue weighted by Gasteiger charge is -2.20. The van der Waals surface area contributed by atoms with Crippen LogP contribution in [0.5, 0.6) is 0 Å². The van der Waals surface area contributed by atoms with Crippen LogP contribution >= 0.6 is 0 Å². The van der Waals surface area contributed by atoms with Crippen molar-refractivity contribution in [2.75, 3.05) is 0 Å². The van der Waals surface area contributed by atoms with Crippen LogP contribution in [0.15, 0.2) is 188 Å². The summed E-state index contributed by atoms with van der Waals surface area (Å²) in [5, 5.41) is 3.31. The van der Waals surface area contributed by atoms with Crippen molar-refractivity contribution in [2.24, 2.45) is 0 Å². The molecule has 0 amide bonds. The van der Waals surface area contributed by atoms with Gasteiger partial charge in [0.1, 0.15) is 0 Å². The Hall–Kier alpha value is -7.04. The third-order valence-corrected chi connectivity index (χ3v) is 10.5. The molecule has 1 atom stereocenters. The molecule has 0 spiro atoms. The van der Waals surface area contributed by atoms with E-state index < -0.39 is 0 Å². The number of benzene rings is 6. The van der Waals surface area contributed by atoms with Gasteiger partial charge >= 0.3 is 0 Å². The molecule has 10 rings (SSSR count). The maximum absolute atomic E-state index is 5.41. The van der Waals surface area contributed by atoms with E-state index >= 15 is 0 Å². The molecule has 3 aromatic heterocycles. The fourth-order valence-corrected chi connectivity index (χ4v) is 7.80. The molecule has 4 nitrogen and oxygen atoms in total. The second-order valence-corrected chi connectivity index (χ2v) is 13.8. The van der Waals surface area contributed by atoms with Gasteiger partial charge in [-0.05, 0) is 81.8 Å². The average Bonchev–Trinajstić information content (AvgIpc) is 3.26. The first-order valence-corrected chi connectivity index (χ1v) is 18.4. The molecule has 0 N–H and O–H groups in total. The van der Waals surface area contributed by atoms with Crippen molar-refractivity contribution in [3.8, 4) is 56.0 Å². The van der Waals surface area contributed by atoms with Crippen molar-refractivity contribution in [1.29, 1.82) is 0 Å². The van der Waals surface area contributed by atoms with Crippen LogP contribution in [0, 0.1) is 0 Å². The highest BCUT2D eigenvalue weighted by Gasteiger charge is 2.21. The number of pyridine rings is 2. The third-order valence-electron chi connectivity index (χ3n) is 10.5. The van der Waals surface area contributed by atoms with Gasteiger partial charge in [0.2, 0.25) is 0 Å². The Morgan fingerprint density at radius 1 is 0.444 bits per heavy atom. The highest BCUT2D eigenvalue weighted by Crippen LogP contribution is 2.40. The number of aromatic nitrogens is 4. The summed E-state index contributed by atoms with van der Waals surface area (Å²) in [5.74, 6) is 0.901. The number of allylic oxidation sites excluding steroid dienone is 4. The molecule has 1 aliphatic carbocycles. The third kappa shape index (κ3) is 5.75. The molecular formula is C50H34N4. The molecule has 254 valence electrons. The van der Waals surface area contributed by atoms with E-state index in [1.807, 2.05) is 24.5 Å². The van der Waals surface area contributed by atoms with Crippen molar-refractivity contribution in [3.63, 3.8) is 0 Å². The molecule has 6 aromatic carbocycles. The molecule has 0 saturated carbocycles. The van der Waals surface area contributed by atoms with E-state index in [1.165, 1.54) is 11.1 Å². The van der Waals surface area contributed by atoms with Gasteiger partial charge in [0.05, 0.1) is 22.2 Å². The molecule has 9 aromatic rings. The predicted octanol–water partition coefficient (Wildman–Crippen LogP) is 12.7. The Labute approximate surface area is 313 Å². The normalized spacial score (nSPS) is 13.9. The lowest BCUT2D eigenvalue weighted by Crippen LogP contribution is -2.03. The van der Waals surface area contributed by atoms with Gasteiger partial charge in [-0.1, -0.05) is 140 Å². The first-order valence-electron chi connectivity index (χ1n) is 18.4. The molecule has 0 saturated heterocycles. The highest BCUT2D eigenvalue weighted by atomic mass is 14.9. The van der Waals surface area contributed by atoms with Crippen LogP contribution in [0.2, 0.25) is 0 Å². The van der Waals surface area contributed by atoms with E-state index in [1.54, 1.807) is 0 Å². The zero-order valence-corrected chi connectivity index (χ0v) is 29.5. The summed E-state index contributed by atoms with van der Waals surface area (Å²) in [7, 11) is 0. The van der Waals surface area contributed by atoms with Crippen molar-refractivity contribution in [2.45, 2.75) is 12.3 Å². The Morgan fingerprint density at radius 2 is 1.04 bits per heavy atom. The maximum Gasteiger partial charge on any atom is 0.160 e. The van der Waals surface area contributed by atoms with Crippen molar-refractivity contribution in [3.05, 3.63) is 194 Å². The summed E-state index contributed by atoms with van der Waals surface area (Å²) < 4.78 is 0. The van der Waals surface area contributed by atoms with E-state index in [0.717, 1.165) is 83.8 Å². The second-order valence-electron chi connectivity index (χ2n) is 13.8. The van der Waals surface area contributed by atoms with E-state index in [-0.39, 0.29) is 5.92 Å². The van der Waals surface area contributed by atoms with Crippen molar-refractivity contribution in [1.82, 2.24) is 19.9 Å². The highest BCUT2D eigenvalue weighted by molar-refractivity contribution is 6.00. The summed E-state index contributed by atoms with van der Waals surface area (Å²) in [6.07, 6.45) is 13.5. The van der Waals surface area contributed by atoms with Crippen LogP contribution in [0.4, 0.5) is 0 Å². The zero-order valence-electron chi connectivity index (χ0n) is 29.5. The number of hydrogen-bond acceptors (Lipinski definition) is 4. The predicted molar refractivity (Wildman–Crippen MR) is 223 cm³/mol. The molecular weight excluding hydrogens is 657 g/mol. The fourth-order valence-electron chi connectivity index (χ4n) is 7.80. The molecule has 0 aliphatic heterocycles. The van der Waals surface area contributed by atoms with E-state index in [9.17, 15) is 0 Å². The number of rotatable bonds is 6. The fraction of sp³-hybridized carbons (Fsp3) is 0.0400. The maximum atomic E-state index is 5.41. The molecule has 54 heavy (non-hydrogen) atoms. The monoisotopic (exact) mass is 690 g/mol. The van der Waals surface area contributed by atoms with E-state index in [0.29, 0.717) is 5.82 Å². The summed E-state index contributed by atoms with van der Waals surface area (Å²) in [5.41, 5.74) is 14.0. The van der Waals surface area contributed by atoms with Gasteiger partial charge in [-0.15, -0.1) is 0 Å². The molecule has 3 heterocycles. The minimum Gasteiger partial charge on any atom is -0.256 e. The van der Waals surface area contributed by atoms with Gasteiger partial charge in [-0.25, -0.2) is 9.97 Å². The SMILES string of the molecule is C1=CCC(c2cc(-c3ccccc3)cc3c(-c4ccc(-c5ccnc6ccccc56)cc4)nc(-c4ccc(-c5ccnc6ccccc56)cc4)nc23)C=C1. The first kappa shape index (κ1) is 31.7. The number of nitrogens with zero attached hydrogens (tertiary/aromatic N) is 4. The summed E-state index contributed by atoms with van der Waals surface area (Å²) >= 11 is 0. The summed E-state index contributed by atoms with van der Waals surface area (Å²) in [6, 6.07) is 53.5. The quantitative estimate of drug-likeness (QED) is 0.174. The minimum atomic E-state index is 0.196. The number of para-hydroxylation sites is 2. The first-order chi connectivity index (χ1) is 26.8. The van der Waals surface area contributed by atoms with Gasteiger partial charge in [0, 0.05) is 45.6 Å². The molecule has 4 heteroatoms. The molecule has 0 radical (unpaired) electrons. The average molecular weight is 691 g/mol. The standard InChI is InChI=1S/C50H34N4/c1-3-11-33(12-4-1)39-31-44(34-13-5-2-6-14-34)49-45(32-39)48(37-23-19-35(20-24-37)40-27-29-51-46-17-9-7-15-42(40)46)53-50(54-49)38-25-21-36(22-26-38)41-28-30-52-47-18-10-8-16-43(41)47/h1-13,15-32,34H,14H2. The Bertz CT molecular complexity index is 2880. The zero-order chi connectivity index (χ0) is 35.8. The molecule has 0 fully saturated rings. The van der Waals surface area contributed by atoms with E-state index in [4.69, 9.17) is 9.97 Å². The lowest BCUT2D eigenvalue weighted by molar-refractivity contribution is 0.859. The van der Waals surface area contributed by atoms with Crippen LogP contribution in [0.1, 0.15) is 17.9 Å².